The molecule has 0 aliphatic carbocycles. The van der Waals surface area contributed by atoms with Gasteiger partial charge in [0.2, 0.25) is 0 Å². The quantitative estimate of drug-likeness (QED) is 0.386. The molecule has 0 fully saturated rings. The van der Waals surface area contributed by atoms with Gasteiger partial charge in [0.15, 0.2) is 0 Å². The Morgan fingerprint density at radius 2 is 2.08 bits per heavy atom. The lowest BCUT2D eigenvalue weighted by Gasteiger charge is -2.22. The molecule has 6 N–H and O–H groups in total. The molecule has 0 heterocycles. The van der Waals surface area contributed by atoms with E-state index in [0.29, 0.717) is 11.3 Å². The Labute approximate surface area is 76.8 Å². The minimum absolute atomic E-state index is 0.0115. The molecule has 1 aromatic carbocycles. The summed E-state index contributed by atoms with van der Waals surface area (Å²) < 4.78 is 0. The summed E-state index contributed by atoms with van der Waals surface area (Å²) >= 11 is 0. The topological polar surface area (TPSA) is 92.5 Å². The molecule has 0 bridgehead atoms. The van der Waals surface area contributed by atoms with Gasteiger partial charge in [0.1, 0.15) is 5.75 Å². The number of anilines is 1. The van der Waals surface area contributed by atoms with E-state index in [4.69, 9.17) is 16.6 Å². The maximum Gasteiger partial charge on any atom is 0.138 e. The molecular formula is C9H14N2O2. The van der Waals surface area contributed by atoms with E-state index in [2.05, 4.69) is 0 Å². The first-order valence-electron chi connectivity index (χ1n) is 3.96. The molecule has 1 rings (SSSR count). The summed E-state index contributed by atoms with van der Waals surface area (Å²) in [4.78, 5) is 0. The number of phenols is 1. The molecule has 0 aliphatic heterocycles. The Hall–Kier alpha value is -1.26. The van der Waals surface area contributed by atoms with Gasteiger partial charge in [-0.2, -0.15) is 0 Å². The van der Waals surface area contributed by atoms with E-state index < -0.39 is 5.54 Å². The van der Waals surface area contributed by atoms with Gasteiger partial charge in [0.25, 0.3) is 0 Å². The third-order valence-corrected chi connectivity index (χ3v) is 2.02. The van der Waals surface area contributed by atoms with Crippen molar-refractivity contribution in [1.29, 1.82) is 0 Å². The molecule has 0 saturated carbocycles. The Morgan fingerprint density at radius 3 is 2.54 bits per heavy atom. The van der Waals surface area contributed by atoms with Crippen LogP contribution in [0.25, 0.3) is 0 Å². The van der Waals surface area contributed by atoms with Gasteiger partial charge in [-0.05, 0) is 24.6 Å². The summed E-state index contributed by atoms with van der Waals surface area (Å²) in [5.74, 6) is -0.0115. The van der Waals surface area contributed by atoms with Crippen molar-refractivity contribution in [3.63, 3.8) is 0 Å². The van der Waals surface area contributed by atoms with Crippen LogP contribution in [0.2, 0.25) is 0 Å². The highest BCUT2D eigenvalue weighted by molar-refractivity contribution is 5.53. The SMILES string of the molecule is C[C@@](N)(CO)c1ccc(N)c(O)c1. The Balaban J connectivity index is 3.10. The summed E-state index contributed by atoms with van der Waals surface area (Å²) in [6.45, 7) is 1.49. The van der Waals surface area contributed by atoms with E-state index in [1.54, 1.807) is 19.1 Å². The molecule has 0 aliphatic rings. The number of nitrogen functional groups attached to an aromatic ring is 1. The third kappa shape index (κ3) is 1.91. The smallest absolute Gasteiger partial charge is 0.138 e. The van der Waals surface area contributed by atoms with E-state index in [0.717, 1.165) is 0 Å². The van der Waals surface area contributed by atoms with Crippen molar-refractivity contribution in [3.05, 3.63) is 23.8 Å². The standard InChI is InChI=1S/C9H14N2O2/c1-9(11,5-12)6-2-3-7(10)8(13)4-6/h2-4,12-13H,5,10-11H2,1H3/t9-/m1/s1. The fourth-order valence-corrected chi connectivity index (χ4v) is 0.990. The second-order valence-electron chi connectivity index (χ2n) is 3.35. The molecule has 0 amide bonds. The van der Waals surface area contributed by atoms with Crippen molar-refractivity contribution in [3.8, 4) is 5.75 Å². The molecular weight excluding hydrogens is 168 g/mol. The lowest BCUT2D eigenvalue weighted by molar-refractivity contribution is 0.210. The second-order valence-corrected chi connectivity index (χ2v) is 3.35. The monoisotopic (exact) mass is 182 g/mol. The fraction of sp³-hybridized carbons (Fsp3) is 0.333. The van der Waals surface area contributed by atoms with E-state index in [1.807, 2.05) is 0 Å². The van der Waals surface area contributed by atoms with E-state index >= 15 is 0 Å². The molecule has 0 spiro atoms. The summed E-state index contributed by atoms with van der Waals surface area (Å²) in [6, 6.07) is 4.71. The summed E-state index contributed by atoms with van der Waals surface area (Å²) in [5, 5.41) is 18.3. The molecule has 0 radical (unpaired) electrons. The largest absolute Gasteiger partial charge is 0.506 e. The first kappa shape index (κ1) is 9.83. The summed E-state index contributed by atoms with van der Waals surface area (Å²) in [5.41, 5.74) is 11.3. The number of hydrogen-bond donors (Lipinski definition) is 4. The van der Waals surface area contributed by atoms with Gasteiger partial charge >= 0.3 is 0 Å². The minimum Gasteiger partial charge on any atom is -0.506 e. The number of hydrogen-bond acceptors (Lipinski definition) is 4. The van der Waals surface area contributed by atoms with Gasteiger partial charge in [-0.1, -0.05) is 6.07 Å². The maximum absolute atomic E-state index is 9.30. The van der Waals surface area contributed by atoms with Gasteiger partial charge in [-0.3, -0.25) is 0 Å². The molecule has 0 saturated heterocycles. The Kier molecular flexibility index (Phi) is 2.45. The van der Waals surface area contributed by atoms with Crippen LogP contribution in [0.1, 0.15) is 12.5 Å². The summed E-state index contributed by atoms with van der Waals surface area (Å²) in [7, 11) is 0. The van der Waals surface area contributed by atoms with Crippen molar-refractivity contribution in [2.45, 2.75) is 12.5 Å². The van der Waals surface area contributed by atoms with Crippen molar-refractivity contribution in [2.75, 3.05) is 12.3 Å². The van der Waals surface area contributed by atoms with Crippen LogP contribution >= 0.6 is 0 Å². The van der Waals surface area contributed by atoms with Gasteiger partial charge in [-0.15, -0.1) is 0 Å². The maximum atomic E-state index is 9.30. The van der Waals surface area contributed by atoms with Crippen LogP contribution in [0.4, 0.5) is 5.69 Å². The normalized spacial score (nSPS) is 15.3. The van der Waals surface area contributed by atoms with Crippen LogP contribution in [0, 0.1) is 0 Å². The van der Waals surface area contributed by atoms with Crippen molar-refractivity contribution < 1.29 is 10.2 Å². The zero-order valence-corrected chi connectivity index (χ0v) is 7.49. The lowest BCUT2D eigenvalue weighted by atomic mass is 9.94. The van der Waals surface area contributed by atoms with Crippen LogP contribution in [0.5, 0.6) is 5.75 Å². The number of rotatable bonds is 2. The van der Waals surface area contributed by atoms with Crippen molar-refractivity contribution >= 4 is 5.69 Å². The van der Waals surface area contributed by atoms with Crippen LogP contribution < -0.4 is 11.5 Å². The predicted octanol–water partition coefficient (Wildman–Crippen LogP) is 0.141. The number of phenolic OH excluding ortho intramolecular Hbond substituents is 1. The van der Waals surface area contributed by atoms with Crippen LogP contribution in [-0.4, -0.2) is 16.8 Å². The molecule has 0 unspecified atom stereocenters. The minimum atomic E-state index is -0.842. The van der Waals surface area contributed by atoms with Crippen molar-refractivity contribution in [1.82, 2.24) is 0 Å². The number of aliphatic hydroxyl groups excluding tert-OH is 1. The van der Waals surface area contributed by atoms with Gasteiger partial charge in [0.05, 0.1) is 17.8 Å². The van der Waals surface area contributed by atoms with Crippen LogP contribution in [-0.2, 0) is 5.54 Å². The predicted molar refractivity (Wildman–Crippen MR) is 51.1 cm³/mol. The molecule has 4 heteroatoms. The van der Waals surface area contributed by atoms with E-state index in [-0.39, 0.29) is 12.4 Å². The van der Waals surface area contributed by atoms with Gasteiger partial charge in [-0.25, -0.2) is 0 Å². The highest BCUT2D eigenvalue weighted by Crippen LogP contribution is 2.26. The van der Waals surface area contributed by atoms with Crippen LogP contribution in [0.15, 0.2) is 18.2 Å². The molecule has 1 atom stereocenters. The van der Waals surface area contributed by atoms with E-state index in [9.17, 15) is 5.11 Å². The molecule has 72 valence electrons. The zero-order chi connectivity index (χ0) is 10.1. The highest BCUT2D eigenvalue weighted by atomic mass is 16.3. The average molecular weight is 182 g/mol. The van der Waals surface area contributed by atoms with Crippen molar-refractivity contribution in [2.24, 2.45) is 5.73 Å². The van der Waals surface area contributed by atoms with E-state index in [1.165, 1.54) is 6.07 Å². The first-order valence-corrected chi connectivity index (χ1v) is 3.96. The first-order chi connectivity index (χ1) is 5.97. The highest BCUT2D eigenvalue weighted by Gasteiger charge is 2.20. The van der Waals surface area contributed by atoms with Crippen LogP contribution in [0.3, 0.4) is 0 Å². The molecule has 1 aromatic rings. The number of aliphatic hydroxyl groups is 1. The number of benzene rings is 1. The van der Waals surface area contributed by atoms with Gasteiger partial charge < -0.3 is 21.7 Å². The number of aromatic hydroxyl groups is 1. The Bertz CT molecular complexity index is 310. The zero-order valence-electron chi connectivity index (χ0n) is 7.49. The fourth-order valence-electron chi connectivity index (χ4n) is 0.990. The lowest BCUT2D eigenvalue weighted by Crippen LogP contribution is -2.36. The molecule has 4 nitrogen and oxygen atoms in total. The molecule has 0 aromatic heterocycles. The molecule has 13 heavy (non-hydrogen) atoms. The summed E-state index contributed by atoms with van der Waals surface area (Å²) in [6.07, 6.45) is 0. The Morgan fingerprint density at radius 1 is 1.46 bits per heavy atom. The number of nitrogens with two attached hydrogens (primary N) is 2. The second kappa shape index (κ2) is 3.24. The van der Waals surface area contributed by atoms with Gasteiger partial charge in [0, 0.05) is 0 Å². The third-order valence-electron chi connectivity index (χ3n) is 2.02. The average Bonchev–Trinajstić information content (AvgIpc) is 2.09.